The molecular formula is C27H27ClN2O4S. The van der Waals surface area contributed by atoms with E-state index in [0.29, 0.717) is 32.7 Å². The number of hydrogen-bond acceptors (Lipinski definition) is 4. The Hall–Kier alpha value is -3.29. The highest BCUT2D eigenvalue weighted by Gasteiger charge is 2.22. The molecule has 0 fully saturated rings. The fourth-order valence-electron chi connectivity index (χ4n) is 3.90. The Morgan fingerprint density at radius 3 is 2.37 bits per heavy atom. The zero-order chi connectivity index (χ0) is 25.4. The van der Waals surface area contributed by atoms with Gasteiger partial charge in [0.15, 0.2) is 0 Å². The Morgan fingerprint density at radius 2 is 1.74 bits per heavy atom. The topological polar surface area (TPSA) is 88.3 Å². The van der Waals surface area contributed by atoms with Crippen molar-refractivity contribution in [2.45, 2.75) is 38.0 Å². The van der Waals surface area contributed by atoms with Gasteiger partial charge in [0.2, 0.25) is 0 Å². The second-order valence-corrected chi connectivity index (χ2v) is 11.4. The summed E-state index contributed by atoms with van der Waals surface area (Å²) in [5, 5.41) is 1.18. The summed E-state index contributed by atoms with van der Waals surface area (Å²) in [6.07, 6.45) is 0. The van der Waals surface area contributed by atoms with Gasteiger partial charge in [-0.05, 0) is 65.9 Å². The number of aromatic amines is 1. The van der Waals surface area contributed by atoms with Crippen molar-refractivity contribution in [1.82, 2.24) is 4.98 Å². The van der Waals surface area contributed by atoms with Crippen LogP contribution in [0, 0.1) is 0 Å². The van der Waals surface area contributed by atoms with Crippen LogP contribution >= 0.6 is 11.6 Å². The van der Waals surface area contributed by atoms with E-state index in [9.17, 15) is 13.2 Å². The predicted molar refractivity (Wildman–Crippen MR) is 141 cm³/mol. The molecule has 0 spiro atoms. The molecule has 0 amide bonds. The summed E-state index contributed by atoms with van der Waals surface area (Å²) in [7, 11) is -3.82. The maximum atomic E-state index is 13.1. The number of nitrogens with one attached hydrogen (secondary N) is 2. The van der Waals surface area contributed by atoms with Crippen molar-refractivity contribution < 1.29 is 17.9 Å². The number of halogens is 1. The van der Waals surface area contributed by atoms with Gasteiger partial charge < -0.3 is 9.72 Å². The van der Waals surface area contributed by atoms with Gasteiger partial charge >= 0.3 is 5.97 Å². The molecule has 182 valence electrons. The third-order valence-corrected chi connectivity index (χ3v) is 7.31. The van der Waals surface area contributed by atoms with Crippen LogP contribution in [-0.2, 0) is 20.2 Å². The SMILES string of the molecule is CCOC(=O)c1[nH]c2ccc(NS(=O)(=O)c3ccc(C(C)(C)C)cc3)cc2c1-c1cccc(Cl)c1. The average molecular weight is 511 g/mol. The average Bonchev–Trinajstić information content (AvgIpc) is 3.17. The molecule has 0 atom stereocenters. The Bertz CT molecular complexity index is 1500. The molecule has 1 heterocycles. The van der Waals surface area contributed by atoms with Crippen LogP contribution in [0.2, 0.25) is 5.02 Å². The first-order valence-electron chi connectivity index (χ1n) is 11.2. The largest absolute Gasteiger partial charge is 0.461 e. The normalized spacial score (nSPS) is 12.0. The molecule has 0 saturated heterocycles. The van der Waals surface area contributed by atoms with E-state index in [1.54, 1.807) is 55.5 Å². The second-order valence-electron chi connectivity index (χ2n) is 9.25. The number of rotatable bonds is 6. The zero-order valence-corrected chi connectivity index (χ0v) is 21.5. The van der Waals surface area contributed by atoms with Crippen molar-refractivity contribution >= 4 is 44.2 Å². The molecule has 2 N–H and O–H groups in total. The maximum Gasteiger partial charge on any atom is 0.355 e. The first kappa shape index (κ1) is 24.8. The lowest BCUT2D eigenvalue weighted by molar-refractivity contribution is 0.0521. The maximum absolute atomic E-state index is 13.1. The number of benzene rings is 3. The van der Waals surface area contributed by atoms with Crippen molar-refractivity contribution in [1.29, 1.82) is 0 Å². The minimum atomic E-state index is -3.82. The molecule has 0 aliphatic heterocycles. The first-order chi connectivity index (χ1) is 16.5. The van der Waals surface area contributed by atoms with E-state index in [1.807, 2.05) is 18.2 Å². The van der Waals surface area contributed by atoms with E-state index in [0.717, 1.165) is 5.56 Å². The van der Waals surface area contributed by atoms with Crippen LogP contribution in [-0.4, -0.2) is 26.0 Å². The summed E-state index contributed by atoms with van der Waals surface area (Å²) < 4.78 is 34.1. The molecule has 1 aromatic heterocycles. The summed E-state index contributed by atoms with van der Waals surface area (Å²) in [4.78, 5) is 16.0. The molecule has 3 aromatic carbocycles. The zero-order valence-electron chi connectivity index (χ0n) is 20.0. The summed E-state index contributed by atoms with van der Waals surface area (Å²) in [6, 6.07) is 19.1. The van der Waals surface area contributed by atoms with Crippen LogP contribution < -0.4 is 4.72 Å². The minimum Gasteiger partial charge on any atom is -0.461 e. The van der Waals surface area contributed by atoms with Crippen molar-refractivity contribution in [2.75, 3.05) is 11.3 Å². The number of ether oxygens (including phenoxy) is 1. The Labute approximate surface area is 210 Å². The predicted octanol–water partition coefficient (Wildman–Crippen LogP) is 6.76. The standard InChI is InChI=1S/C27H27ClN2O4S/c1-5-34-26(31)25-24(17-7-6-8-19(28)15-17)22-16-20(11-14-23(22)29-25)30-35(32,33)21-12-9-18(10-13-21)27(2,3)4/h6-16,29-30H,5H2,1-4H3. The molecule has 0 aliphatic carbocycles. The monoisotopic (exact) mass is 510 g/mol. The highest BCUT2D eigenvalue weighted by molar-refractivity contribution is 7.92. The summed E-state index contributed by atoms with van der Waals surface area (Å²) in [5.74, 6) is -0.500. The van der Waals surface area contributed by atoms with E-state index in [-0.39, 0.29) is 22.6 Å². The lowest BCUT2D eigenvalue weighted by atomic mass is 9.87. The van der Waals surface area contributed by atoms with E-state index in [2.05, 4.69) is 30.5 Å². The smallest absolute Gasteiger partial charge is 0.355 e. The third kappa shape index (κ3) is 5.21. The molecule has 0 bridgehead atoms. The number of fused-ring (bicyclic) bond motifs is 1. The number of carbonyl (C=O) groups is 1. The number of carbonyl (C=O) groups excluding carboxylic acids is 1. The van der Waals surface area contributed by atoms with Crippen LogP contribution in [0.3, 0.4) is 0 Å². The van der Waals surface area contributed by atoms with E-state index in [4.69, 9.17) is 16.3 Å². The minimum absolute atomic E-state index is 0.0809. The van der Waals surface area contributed by atoms with Gasteiger partial charge in [0.05, 0.1) is 11.5 Å². The second kappa shape index (κ2) is 9.40. The van der Waals surface area contributed by atoms with E-state index in [1.165, 1.54) is 0 Å². The van der Waals surface area contributed by atoms with E-state index < -0.39 is 16.0 Å². The number of aromatic nitrogens is 1. The molecule has 4 rings (SSSR count). The molecule has 0 saturated carbocycles. The molecular weight excluding hydrogens is 484 g/mol. The van der Waals surface area contributed by atoms with Gasteiger partial charge in [0, 0.05) is 27.2 Å². The highest BCUT2D eigenvalue weighted by atomic mass is 35.5. The lowest BCUT2D eigenvalue weighted by Crippen LogP contribution is -2.14. The van der Waals surface area contributed by atoms with Crippen LogP contribution in [0.15, 0.2) is 71.6 Å². The number of hydrogen-bond donors (Lipinski definition) is 2. The van der Waals surface area contributed by atoms with Crippen molar-refractivity contribution in [3.8, 4) is 11.1 Å². The van der Waals surface area contributed by atoms with Crippen LogP contribution in [0.5, 0.6) is 0 Å². The number of esters is 1. The van der Waals surface area contributed by atoms with Gasteiger partial charge in [-0.3, -0.25) is 4.72 Å². The van der Waals surface area contributed by atoms with Crippen molar-refractivity contribution in [3.05, 3.63) is 83.0 Å². The fraction of sp³-hybridized carbons (Fsp3) is 0.222. The third-order valence-electron chi connectivity index (χ3n) is 5.67. The molecule has 6 nitrogen and oxygen atoms in total. The highest BCUT2D eigenvalue weighted by Crippen LogP contribution is 2.36. The molecule has 0 aliphatic rings. The number of anilines is 1. The summed E-state index contributed by atoms with van der Waals surface area (Å²) in [5.41, 5.74) is 3.59. The molecule has 35 heavy (non-hydrogen) atoms. The Balaban J connectivity index is 1.77. The van der Waals surface area contributed by atoms with Gasteiger partial charge in [0.1, 0.15) is 5.69 Å². The summed E-state index contributed by atoms with van der Waals surface area (Å²) >= 11 is 6.21. The molecule has 8 heteroatoms. The van der Waals surface area contributed by atoms with Crippen molar-refractivity contribution in [2.24, 2.45) is 0 Å². The fourth-order valence-corrected chi connectivity index (χ4v) is 5.14. The summed E-state index contributed by atoms with van der Waals surface area (Å²) in [6.45, 7) is 8.18. The van der Waals surface area contributed by atoms with Gasteiger partial charge in [-0.1, -0.05) is 56.6 Å². The Morgan fingerprint density at radius 1 is 1.03 bits per heavy atom. The van der Waals surface area contributed by atoms with Gasteiger partial charge in [0.25, 0.3) is 10.0 Å². The van der Waals surface area contributed by atoms with Gasteiger partial charge in [-0.15, -0.1) is 0 Å². The molecule has 4 aromatic rings. The van der Waals surface area contributed by atoms with Crippen molar-refractivity contribution in [3.63, 3.8) is 0 Å². The van der Waals surface area contributed by atoms with Crippen LogP contribution in [0.1, 0.15) is 43.7 Å². The Kier molecular flexibility index (Phi) is 6.66. The van der Waals surface area contributed by atoms with E-state index >= 15 is 0 Å². The first-order valence-corrected chi connectivity index (χ1v) is 13.1. The number of H-pyrrole nitrogens is 1. The van der Waals surface area contributed by atoms with Gasteiger partial charge in [-0.2, -0.15) is 0 Å². The molecule has 0 radical (unpaired) electrons. The number of sulfonamides is 1. The molecule has 0 unspecified atom stereocenters. The van der Waals surface area contributed by atoms with Gasteiger partial charge in [-0.25, -0.2) is 13.2 Å². The van der Waals surface area contributed by atoms with Crippen LogP contribution in [0.4, 0.5) is 5.69 Å². The lowest BCUT2D eigenvalue weighted by Gasteiger charge is -2.19. The quantitative estimate of drug-likeness (QED) is 0.280. The van der Waals surface area contributed by atoms with Crippen LogP contribution in [0.25, 0.3) is 22.0 Å².